The fraction of sp³-hybridized carbons (Fsp3) is 0.404. The van der Waals surface area contributed by atoms with Gasteiger partial charge in [-0.3, -0.25) is 9.97 Å². The molecule has 7 atom stereocenters. The topological polar surface area (TPSA) is 35.1 Å². The van der Waals surface area contributed by atoms with Crippen molar-refractivity contribution in [2.45, 2.75) is 87.9 Å². The molecule has 7 unspecified atom stereocenters. The van der Waals surface area contributed by atoms with Crippen LogP contribution in [-0.2, 0) is 0 Å². The van der Waals surface area contributed by atoms with Crippen molar-refractivity contribution in [3.8, 4) is 5.69 Å². The third-order valence-electron chi connectivity index (χ3n) is 16.7. The van der Waals surface area contributed by atoms with Crippen LogP contribution in [0.4, 0.5) is 0 Å². The molecule has 1 spiro atoms. The Labute approximate surface area is 296 Å². The summed E-state index contributed by atoms with van der Waals surface area (Å²) in [6.45, 7) is 0. The molecule has 0 amide bonds. The lowest BCUT2D eigenvalue weighted by molar-refractivity contribution is 0.00321. The number of para-hydroxylation sites is 2. The van der Waals surface area contributed by atoms with Crippen molar-refractivity contribution < 1.29 is 0 Å². The van der Waals surface area contributed by atoms with E-state index in [-0.39, 0.29) is 0 Å². The highest BCUT2D eigenvalue weighted by Crippen LogP contribution is 2.76. The first kappa shape index (κ1) is 26.4. The van der Waals surface area contributed by atoms with Gasteiger partial charge in [-0.15, -0.1) is 0 Å². The van der Waals surface area contributed by atoms with Gasteiger partial charge in [-0.25, -0.2) is 0 Å². The van der Waals surface area contributed by atoms with Gasteiger partial charge in [0.1, 0.15) is 0 Å². The van der Waals surface area contributed by atoms with Crippen molar-refractivity contribution in [2.75, 3.05) is 0 Å². The molecule has 7 bridgehead atoms. The number of aromatic nitrogens is 4. The summed E-state index contributed by atoms with van der Waals surface area (Å²) in [6, 6.07) is 23.3. The van der Waals surface area contributed by atoms with Gasteiger partial charge < -0.3 is 8.97 Å². The minimum Gasteiger partial charge on any atom is -0.309 e. The van der Waals surface area contributed by atoms with Gasteiger partial charge in [-0.05, 0) is 141 Å². The maximum Gasteiger partial charge on any atom is 0.0728 e. The normalized spacial score (nSPS) is 34.0. The number of fused-ring (bicyclic) bond motifs is 15. The Morgan fingerprint density at radius 2 is 1.10 bits per heavy atom. The zero-order valence-corrected chi connectivity index (χ0v) is 28.9. The van der Waals surface area contributed by atoms with Crippen molar-refractivity contribution in [1.29, 1.82) is 0 Å². The molecular weight excluding hydrogens is 621 g/mol. The van der Waals surface area contributed by atoms with Crippen LogP contribution in [-0.4, -0.2) is 18.9 Å². The molecule has 5 heterocycles. The summed E-state index contributed by atoms with van der Waals surface area (Å²) < 4.78 is 5.23. The van der Waals surface area contributed by atoms with E-state index in [1.165, 1.54) is 141 Å². The molecule has 5 fully saturated rings. The highest BCUT2D eigenvalue weighted by Gasteiger charge is 2.66. The molecule has 4 heteroatoms. The largest absolute Gasteiger partial charge is 0.309 e. The van der Waals surface area contributed by atoms with Gasteiger partial charge in [0, 0.05) is 61.2 Å². The second kappa shape index (κ2) is 8.44. The summed E-state index contributed by atoms with van der Waals surface area (Å²) in [5.41, 5.74) is 14.8. The Hall–Kier alpha value is -4.44. The maximum atomic E-state index is 5.53. The third kappa shape index (κ3) is 2.87. The minimum atomic E-state index is 0.615. The van der Waals surface area contributed by atoms with E-state index in [0.717, 1.165) is 23.7 Å². The predicted molar refractivity (Wildman–Crippen MR) is 205 cm³/mol. The summed E-state index contributed by atoms with van der Waals surface area (Å²) in [6.07, 6.45) is 18.5. The van der Waals surface area contributed by atoms with E-state index in [1.54, 1.807) is 11.1 Å². The van der Waals surface area contributed by atoms with Crippen LogP contribution in [0.1, 0.15) is 110 Å². The number of nitrogens with zero attached hydrogens (tertiary/aromatic N) is 4. The van der Waals surface area contributed by atoms with Crippen LogP contribution in [0.3, 0.4) is 0 Å². The van der Waals surface area contributed by atoms with E-state index in [2.05, 4.69) is 82.0 Å². The number of hydrogen-bond acceptors (Lipinski definition) is 2. The lowest BCUT2D eigenvalue weighted by Crippen LogP contribution is -2.41. The van der Waals surface area contributed by atoms with E-state index in [1.807, 2.05) is 0 Å². The molecule has 8 aromatic rings. The van der Waals surface area contributed by atoms with Gasteiger partial charge in [0.15, 0.2) is 0 Å². The zero-order chi connectivity index (χ0) is 32.5. The van der Waals surface area contributed by atoms with Crippen LogP contribution < -0.4 is 0 Å². The Bertz CT molecular complexity index is 2840. The molecule has 248 valence electrons. The molecule has 5 saturated carbocycles. The minimum absolute atomic E-state index is 0.615. The monoisotopic (exact) mass is 660 g/mol. The number of rotatable bonds is 1. The van der Waals surface area contributed by atoms with Gasteiger partial charge in [0.2, 0.25) is 0 Å². The first-order valence-corrected chi connectivity index (χ1v) is 20.2. The standard InChI is InChI=1S/C47H40N4/c1-3-7-36-32(5-1)33-6-2-4-8-37(33)50(36)31-17-34-42-38(21-48-44-26-12-23-9-24(13-26)11-25(10-23)40(42)44)51-39-22-49-45-28-15-30-16-29-14-27(19-47(29,30)20-28)41(45)43(39)35(18-31)46(34)51/h1-8,17-18,21-30H,9-16,19-20H2. The van der Waals surface area contributed by atoms with Gasteiger partial charge >= 0.3 is 0 Å². The Morgan fingerprint density at radius 3 is 1.78 bits per heavy atom. The summed E-state index contributed by atoms with van der Waals surface area (Å²) in [7, 11) is 0. The molecule has 4 nitrogen and oxygen atoms in total. The van der Waals surface area contributed by atoms with Crippen molar-refractivity contribution in [3.63, 3.8) is 0 Å². The molecule has 3 aromatic carbocycles. The molecule has 8 aliphatic carbocycles. The second-order valence-corrected chi connectivity index (χ2v) is 18.7. The number of hydrogen-bond donors (Lipinski definition) is 0. The Balaban J connectivity index is 1.13. The van der Waals surface area contributed by atoms with E-state index >= 15 is 0 Å². The highest BCUT2D eigenvalue weighted by molar-refractivity contribution is 6.25. The van der Waals surface area contributed by atoms with E-state index in [9.17, 15) is 0 Å². The fourth-order valence-electron chi connectivity index (χ4n) is 15.3. The van der Waals surface area contributed by atoms with Crippen LogP contribution in [0.2, 0.25) is 0 Å². The first-order chi connectivity index (χ1) is 25.2. The van der Waals surface area contributed by atoms with Gasteiger partial charge in [0.05, 0.1) is 40.0 Å². The third-order valence-corrected chi connectivity index (χ3v) is 16.7. The van der Waals surface area contributed by atoms with Crippen LogP contribution in [0.15, 0.2) is 73.1 Å². The van der Waals surface area contributed by atoms with Crippen LogP contribution in [0.5, 0.6) is 0 Å². The second-order valence-electron chi connectivity index (χ2n) is 18.7. The number of benzene rings is 3. The molecule has 51 heavy (non-hydrogen) atoms. The zero-order valence-electron chi connectivity index (χ0n) is 28.9. The predicted octanol–water partition coefficient (Wildman–Crippen LogP) is 11.5. The highest BCUT2D eigenvalue weighted by atomic mass is 15.0. The molecule has 0 radical (unpaired) electrons. The molecule has 0 N–H and O–H groups in total. The van der Waals surface area contributed by atoms with Crippen LogP contribution in [0, 0.1) is 29.1 Å². The van der Waals surface area contributed by atoms with E-state index in [0.29, 0.717) is 29.1 Å². The quantitative estimate of drug-likeness (QED) is 0.176. The summed E-state index contributed by atoms with van der Waals surface area (Å²) in [4.78, 5) is 11.0. The van der Waals surface area contributed by atoms with Crippen molar-refractivity contribution in [2.24, 2.45) is 29.1 Å². The molecular formula is C47H40N4. The summed E-state index contributed by atoms with van der Waals surface area (Å²) in [5, 5.41) is 8.60. The van der Waals surface area contributed by atoms with Crippen molar-refractivity contribution in [3.05, 3.63) is 95.6 Å². The molecule has 0 saturated heterocycles. The van der Waals surface area contributed by atoms with Crippen LogP contribution >= 0.6 is 0 Å². The average Bonchev–Trinajstić information content (AvgIpc) is 3.88. The fourth-order valence-corrected chi connectivity index (χ4v) is 15.3. The Kier molecular flexibility index (Phi) is 4.36. The molecule has 16 rings (SSSR count). The smallest absolute Gasteiger partial charge is 0.0728 e. The Morgan fingerprint density at radius 1 is 0.529 bits per heavy atom. The average molecular weight is 661 g/mol. The maximum absolute atomic E-state index is 5.53. The van der Waals surface area contributed by atoms with Gasteiger partial charge in [-0.1, -0.05) is 36.4 Å². The SMILES string of the molecule is c1ccc2c(c1)c1ccccc1n2-c1cc2c3c4c(ncc3n3c5cnc6c(c5c(c1)c23)C1CC2CC3CC6CC32C1)C1CC2CC(C1)CC4C2. The van der Waals surface area contributed by atoms with Crippen LogP contribution in [0.25, 0.3) is 65.6 Å². The number of pyridine rings is 2. The molecule has 0 aliphatic heterocycles. The molecule has 5 aromatic heterocycles. The summed E-state index contributed by atoms with van der Waals surface area (Å²) >= 11 is 0. The van der Waals surface area contributed by atoms with E-state index in [4.69, 9.17) is 9.97 Å². The first-order valence-electron chi connectivity index (χ1n) is 20.2. The molecule has 8 aliphatic rings. The summed E-state index contributed by atoms with van der Waals surface area (Å²) in [5.74, 6) is 6.19. The van der Waals surface area contributed by atoms with Crippen molar-refractivity contribution in [1.82, 2.24) is 18.9 Å². The van der Waals surface area contributed by atoms with Crippen molar-refractivity contribution >= 4 is 59.9 Å². The van der Waals surface area contributed by atoms with E-state index < -0.39 is 0 Å². The van der Waals surface area contributed by atoms with Gasteiger partial charge in [0.25, 0.3) is 0 Å². The lowest BCUT2D eigenvalue weighted by atomic mass is 9.56. The lowest BCUT2D eigenvalue weighted by Gasteiger charge is -2.48. The van der Waals surface area contributed by atoms with Gasteiger partial charge in [-0.2, -0.15) is 0 Å².